The molecule has 3 heterocycles. The van der Waals surface area contributed by atoms with Crippen molar-refractivity contribution in [3.8, 4) is 0 Å². The van der Waals surface area contributed by atoms with Gasteiger partial charge in [-0.15, -0.1) is 0 Å². The summed E-state index contributed by atoms with van der Waals surface area (Å²) < 4.78 is 36.9. The third kappa shape index (κ3) is 2.97. The molecule has 1 aliphatic heterocycles. The Balaban J connectivity index is 1.79. The zero-order valence-corrected chi connectivity index (χ0v) is 14.1. The van der Waals surface area contributed by atoms with Gasteiger partial charge in [0.25, 0.3) is 5.56 Å². The number of benzene rings is 1. The summed E-state index contributed by atoms with van der Waals surface area (Å²) >= 11 is 0. The smallest absolute Gasteiger partial charge is 0.258 e. The lowest BCUT2D eigenvalue weighted by Gasteiger charge is -2.14. The minimum Gasteiger partial charge on any atom is -0.369 e. The maximum atomic E-state index is 13.7. The van der Waals surface area contributed by atoms with Crippen molar-refractivity contribution in [2.75, 3.05) is 23.4 Å². The van der Waals surface area contributed by atoms with E-state index >= 15 is 0 Å². The first-order chi connectivity index (χ1) is 11.9. The second-order valence-corrected chi connectivity index (χ2v) is 8.60. The van der Waals surface area contributed by atoms with Gasteiger partial charge in [-0.3, -0.25) is 4.79 Å². The van der Waals surface area contributed by atoms with Crippen LogP contribution in [-0.2, 0) is 9.84 Å². The van der Waals surface area contributed by atoms with Gasteiger partial charge in [0.1, 0.15) is 11.6 Å². The molecule has 1 aromatic carbocycles. The van der Waals surface area contributed by atoms with Gasteiger partial charge in [-0.25, -0.2) is 17.8 Å². The molecule has 1 atom stereocenters. The predicted octanol–water partition coefficient (Wildman–Crippen LogP) is 2.06. The van der Waals surface area contributed by atoms with Crippen LogP contribution in [0.1, 0.15) is 6.42 Å². The Morgan fingerprint density at radius 2 is 2.12 bits per heavy atom. The van der Waals surface area contributed by atoms with Crippen LogP contribution in [-0.4, -0.2) is 36.4 Å². The Labute approximate surface area is 143 Å². The molecule has 0 saturated carbocycles. The van der Waals surface area contributed by atoms with Crippen molar-refractivity contribution in [1.29, 1.82) is 0 Å². The van der Waals surface area contributed by atoms with Gasteiger partial charge in [0.05, 0.1) is 22.4 Å². The number of nitrogens with one attached hydrogen (secondary N) is 2. The number of H-pyrrole nitrogens is 1. The number of anilines is 1. The summed E-state index contributed by atoms with van der Waals surface area (Å²) in [5.41, 5.74) is 0.137. The van der Waals surface area contributed by atoms with Crippen LogP contribution in [0.4, 0.5) is 10.2 Å². The number of aromatic nitrogens is 2. The largest absolute Gasteiger partial charge is 0.369 e. The third-order valence-corrected chi connectivity index (χ3v) is 6.40. The average molecular weight is 361 g/mol. The Bertz CT molecular complexity index is 1140. The maximum absolute atomic E-state index is 13.7. The normalized spacial score (nSPS) is 19.5. The zero-order chi connectivity index (χ0) is 17.6. The quantitative estimate of drug-likeness (QED) is 0.697. The van der Waals surface area contributed by atoms with Crippen molar-refractivity contribution in [2.24, 2.45) is 5.92 Å². The van der Waals surface area contributed by atoms with Crippen molar-refractivity contribution in [3.63, 3.8) is 0 Å². The Kier molecular flexibility index (Phi) is 3.72. The molecule has 1 aliphatic rings. The number of nitrogens with zero attached hydrogens (tertiary/aromatic N) is 1. The van der Waals surface area contributed by atoms with E-state index in [1.54, 1.807) is 12.1 Å². The molecule has 1 fully saturated rings. The van der Waals surface area contributed by atoms with E-state index in [0.29, 0.717) is 40.5 Å². The lowest BCUT2D eigenvalue weighted by Crippen LogP contribution is -2.17. The van der Waals surface area contributed by atoms with E-state index in [-0.39, 0.29) is 23.0 Å². The molecule has 0 amide bonds. The van der Waals surface area contributed by atoms with Gasteiger partial charge in [0.2, 0.25) is 0 Å². The Hall–Kier alpha value is -2.48. The summed E-state index contributed by atoms with van der Waals surface area (Å²) in [6.07, 6.45) is 2.12. The number of rotatable bonds is 3. The van der Waals surface area contributed by atoms with E-state index in [2.05, 4.69) is 15.3 Å². The third-order valence-electron chi connectivity index (χ3n) is 4.56. The highest BCUT2D eigenvalue weighted by Gasteiger charge is 2.27. The molecule has 2 N–H and O–H groups in total. The standard InChI is InChI=1S/C17H16FN3O3S/c18-11-1-2-12-13(7-11)15-14(3-5-19-17(15)22)21-16(12)20-8-10-4-6-25(23,24)9-10/h1-3,5,7,10H,4,6,8-9H2,(H,19,22)(H,20,21). The molecule has 1 saturated heterocycles. The maximum Gasteiger partial charge on any atom is 0.258 e. The molecular formula is C17H16FN3O3S. The minimum absolute atomic E-state index is 0.0252. The number of fused-ring (bicyclic) bond motifs is 3. The van der Waals surface area contributed by atoms with Gasteiger partial charge in [-0.2, -0.15) is 0 Å². The van der Waals surface area contributed by atoms with Crippen molar-refractivity contribution in [3.05, 3.63) is 46.6 Å². The number of aromatic amines is 1. The first-order valence-corrected chi connectivity index (χ1v) is 9.80. The molecule has 2 aromatic heterocycles. The molecule has 8 heteroatoms. The SMILES string of the molecule is O=c1[nH]ccc2nc(NCC3CCS(=O)(=O)C3)c3ccc(F)cc3c12. The lowest BCUT2D eigenvalue weighted by atomic mass is 10.1. The highest BCUT2D eigenvalue weighted by molar-refractivity contribution is 7.91. The molecule has 0 bridgehead atoms. The van der Waals surface area contributed by atoms with Crippen LogP contribution >= 0.6 is 0 Å². The number of hydrogen-bond acceptors (Lipinski definition) is 5. The van der Waals surface area contributed by atoms with Crippen molar-refractivity contribution in [2.45, 2.75) is 6.42 Å². The summed E-state index contributed by atoms with van der Waals surface area (Å²) in [6.45, 7) is 0.466. The molecule has 25 heavy (non-hydrogen) atoms. The van der Waals surface area contributed by atoms with Crippen LogP contribution in [0.25, 0.3) is 21.7 Å². The van der Waals surface area contributed by atoms with E-state index in [1.165, 1.54) is 18.3 Å². The van der Waals surface area contributed by atoms with Gasteiger partial charge in [-0.1, -0.05) is 0 Å². The second-order valence-electron chi connectivity index (χ2n) is 6.37. The van der Waals surface area contributed by atoms with Crippen LogP contribution in [0.3, 0.4) is 0 Å². The van der Waals surface area contributed by atoms with Crippen LogP contribution in [0.2, 0.25) is 0 Å². The summed E-state index contributed by atoms with van der Waals surface area (Å²) in [6, 6.07) is 5.88. The zero-order valence-electron chi connectivity index (χ0n) is 13.3. The number of halogens is 1. The minimum atomic E-state index is -2.94. The van der Waals surface area contributed by atoms with Crippen LogP contribution in [0, 0.1) is 11.7 Å². The van der Waals surface area contributed by atoms with E-state index in [9.17, 15) is 17.6 Å². The molecule has 130 valence electrons. The molecule has 1 unspecified atom stereocenters. The first-order valence-electron chi connectivity index (χ1n) is 7.98. The lowest BCUT2D eigenvalue weighted by molar-refractivity contribution is 0.596. The average Bonchev–Trinajstić information content (AvgIpc) is 2.91. The Morgan fingerprint density at radius 3 is 2.88 bits per heavy atom. The summed E-state index contributed by atoms with van der Waals surface area (Å²) in [4.78, 5) is 19.2. The summed E-state index contributed by atoms with van der Waals surface area (Å²) in [7, 11) is -2.94. The molecule has 0 spiro atoms. The molecule has 6 nitrogen and oxygen atoms in total. The Morgan fingerprint density at radius 1 is 1.28 bits per heavy atom. The van der Waals surface area contributed by atoms with Crippen LogP contribution < -0.4 is 10.9 Å². The number of hydrogen-bond donors (Lipinski definition) is 2. The molecule has 0 radical (unpaired) electrons. The van der Waals surface area contributed by atoms with E-state index in [1.807, 2.05) is 0 Å². The fourth-order valence-electron chi connectivity index (χ4n) is 3.34. The number of pyridine rings is 2. The van der Waals surface area contributed by atoms with Gasteiger partial charge >= 0.3 is 0 Å². The van der Waals surface area contributed by atoms with Gasteiger partial charge in [0.15, 0.2) is 9.84 Å². The fourth-order valence-corrected chi connectivity index (χ4v) is 5.20. The van der Waals surface area contributed by atoms with Gasteiger partial charge in [-0.05, 0) is 36.6 Å². The summed E-state index contributed by atoms with van der Waals surface area (Å²) in [5, 5.41) is 4.64. The van der Waals surface area contributed by atoms with Crippen molar-refractivity contribution in [1.82, 2.24) is 9.97 Å². The van der Waals surface area contributed by atoms with E-state index in [4.69, 9.17) is 0 Å². The predicted molar refractivity (Wildman–Crippen MR) is 95.1 cm³/mol. The van der Waals surface area contributed by atoms with Crippen molar-refractivity contribution >= 4 is 37.3 Å². The highest BCUT2D eigenvalue weighted by atomic mass is 32.2. The van der Waals surface area contributed by atoms with E-state index < -0.39 is 15.7 Å². The highest BCUT2D eigenvalue weighted by Crippen LogP contribution is 2.28. The molecule has 3 aromatic rings. The number of sulfone groups is 1. The van der Waals surface area contributed by atoms with Crippen molar-refractivity contribution < 1.29 is 12.8 Å². The molecule has 4 rings (SSSR count). The summed E-state index contributed by atoms with van der Waals surface area (Å²) in [5.74, 6) is 0.497. The molecule has 0 aliphatic carbocycles. The van der Waals surface area contributed by atoms with E-state index in [0.717, 1.165) is 0 Å². The second kappa shape index (κ2) is 5.80. The van der Waals surface area contributed by atoms with Gasteiger partial charge in [0, 0.05) is 23.5 Å². The van der Waals surface area contributed by atoms with Gasteiger partial charge < -0.3 is 10.3 Å². The molecular weight excluding hydrogens is 345 g/mol. The van der Waals surface area contributed by atoms with Crippen LogP contribution in [0.15, 0.2) is 35.3 Å². The fraction of sp³-hybridized carbons (Fsp3) is 0.294. The first kappa shape index (κ1) is 16.0. The monoisotopic (exact) mass is 361 g/mol. The van der Waals surface area contributed by atoms with Crippen LogP contribution in [0.5, 0.6) is 0 Å². The topological polar surface area (TPSA) is 91.9 Å².